The average Bonchev–Trinajstić information content (AvgIpc) is 2.28. The lowest BCUT2D eigenvalue weighted by atomic mass is 10.1. The minimum absolute atomic E-state index is 0.0435. The fourth-order valence-electron chi connectivity index (χ4n) is 1.30. The number of nitrogens with one attached hydrogen (secondary N) is 1. The first-order chi connectivity index (χ1) is 7.65. The second-order valence-electron chi connectivity index (χ2n) is 3.53. The van der Waals surface area contributed by atoms with Crippen LogP contribution in [0.4, 0.5) is 0 Å². The molecule has 0 aliphatic rings. The minimum Gasteiger partial charge on any atom is -0.409 e. The zero-order valence-electron chi connectivity index (χ0n) is 9.90. The number of nitrogens with two attached hydrogens (primary N) is 1. The third-order valence-electron chi connectivity index (χ3n) is 2.14. The highest BCUT2D eigenvalue weighted by atomic mass is 16.5. The van der Waals surface area contributed by atoms with Crippen molar-refractivity contribution in [3.63, 3.8) is 0 Å². The molecule has 0 radical (unpaired) electrons. The molecule has 0 fully saturated rings. The van der Waals surface area contributed by atoms with Gasteiger partial charge in [-0.05, 0) is 12.8 Å². The monoisotopic (exact) mass is 231 g/mol. The van der Waals surface area contributed by atoms with E-state index in [0.29, 0.717) is 25.9 Å². The van der Waals surface area contributed by atoms with E-state index >= 15 is 0 Å². The molecule has 0 saturated heterocycles. The number of carbonyl (C=O) groups is 1. The Kier molecular flexibility index (Phi) is 8.24. The van der Waals surface area contributed by atoms with Gasteiger partial charge in [0.25, 0.3) is 0 Å². The van der Waals surface area contributed by atoms with Gasteiger partial charge in [-0.25, -0.2) is 0 Å². The van der Waals surface area contributed by atoms with Crippen LogP contribution in [0.1, 0.15) is 32.6 Å². The Bertz CT molecular complexity index is 231. The number of oxime groups is 1. The summed E-state index contributed by atoms with van der Waals surface area (Å²) in [7, 11) is 1.59. The highest BCUT2D eigenvalue weighted by Crippen LogP contribution is 1.99. The van der Waals surface area contributed by atoms with Crippen molar-refractivity contribution in [2.24, 2.45) is 10.9 Å². The summed E-state index contributed by atoms with van der Waals surface area (Å²) < 4.78 is 4.84. The molecule has 6 nitrogen and oxygen atoms in total. The predicted molar refractivity (Wildman–Crippen MR) is 61.4 cm³/mol. The van der Waals surface area contributed by atoms with Crippen molar-refractivity contribution >= 4 is 11.7 Å². The number of ether oxygens (including phenoxy) is 1. The first-order valence-electron chi connectivity index (χ1n) is 5.41. The lowest BCUT2D eigenvalue weighted by Gasteiger charge is -2.16. The van der Waals surface area contributed by atoms with Gasteiger partial charge in [0.05, 0.1) is 6.04 Å². The molecule has 0 spiro atoms. The predicted octanol–water partition coefficient (Wildman–Crippen LogP) is 0.444. The van der Waals surface area contributed by atoms with Crippen molar-refractivity contribution < 1.29 is 14.7 Å². The van der Waals surface area contributed by atoms with E-state index in [1.807, 2.05) is 6.92 Å². The highest BCUT2D eigenvalue weighted by Gasteiger charge is 2.15. The van der Waals surface area contributed by atoms with Crippen LogP contribution in [0.25, 0.3) is 0 Å². The maximum absolute atomic E-state index is 11.5. The number of hydrogen-bond acceptors (Lipinski definition) is 4. The summed E-state index contributed by atoms with van der Waals surface area (Å²) in [5, 5.41) is 14.2. The Morgan fingerprint density at radius 2 is 2.31 bits per heavy atom. The number of amides is 1. The van der Waals surface area contributed by atoms with Gasteiger partial charge in [-0.1, -0.05) is 18.5 Å². The van der Waals surface area contributed by atoms with Crippen LogP contribution in [0.3, 0.4) is 0 Å². The fraction of sp³-hybridized carbons (Fsp3) is 0.800. The normalized spacial score (nSPS) is 13.5. The van der Waals surface area contributed by atoms with Gasteiger partial charge in [-0.3, -0.25) is 4.79 Å². The van der Waals surface area contributed by atoms with Crippen LogP contribution in [-0.4, -0.2) is 36.7 Å². The Hall–Kier alpha value is -1.30. The lowest BCUT2D eigenvalue weighted by molar-refractivity contribution is -0.121. The molecule has 0 aliphatic carbocycles. The maximum Gasteiger partial charge on any atom is 0.220 e. The van der Waals surface area contributed by atoms with Crippen LogP contribution in [0, 0.1) is 0 Å². The molecule has 4 N–H and O–H groups in total. The summed E-state index contributed by atoms with van der Waals surface area (Å²) in [5.74, 6) is -0.0657. The molecule has 0 saturated carbocycles. The smallest absolute Gasteiger partial charge is 0.220 e. The van der Waals surface area contributed by atoms with Crippen molar-refractivity contribution in [1.82, 2.24) is 5.32 Å². The van der Waals surface area contributed by atoms with E-state index in [2.05, 4.69) is 10.5 Å². The van der Waals surface area contributed by atoms with Gasteiger partial charge in [0.2, 0.25) is 5.91 Å². The molecular formula is C10H21N3O3. The summed E-state index contributed by atoms with van der Waals surface area (Å²) in [6.45, 7) is 2.52. The van der Waals surface area contributed by atoms with Gasteiger partial charge >= 0.3 is 0 Å². The molecule has 1 amide bonds. The van der Waals surface area contributed by atoms with Crippen molar-refractivity contribution in [2.75, 3.05) is 13.7 Å². The summed E-state index contributed by atoms with van der Waals surface area (Å²) >= 11 is 0. The van der Waals surface area contributed by atoms with Crippen molar-refractivity contribution in [2.45, 2.75) is 38.6 Å². The molecule has 0 aromatic rings. The van der Waals surface area contributed by atoms with Crippen molar-refractivity contribution in [3.05, 3.63) is 0 Å². The van der Waals surface area contributed by atoms with Crippen LogP contribution in [0.15, 0.2) is 5.16 Å². The van der Waals surface area contributed by atoms with Crippen molar-refractivity contribution in [3.8, 4) is 0 Å². The average molecular weight is 231 g/mol. The Morgan fingerprint density at radius 1 is 1.62 bits per heavy atom. The Labute approximate surface area is 95.8 Å². The van der Waals surface area contributed by atoms with E-state index in [-0.39, 0.29) is 17.8 Å². The molecule has 0 bridgehead atoms. The lowest BCUT2D eigenvalue weighted by Crippen LogP contribution is -2.44. The van der Waals surface area contributed by atoms with Gasteiger partial charge in [0.15, 0.2) is 5.84 Å². The Morgan fingerprint density at radius 3 is 2.81 bits per heavy atom. The molecule has 1 atom stereocenters. The highest BCUT2D eigenvalue weighted by molar-refractivity contribution is 5.89. The molecule has 6 heteroatoms. The second kappa shape index (κ2) is 8.96. The van der Waals surface area contributed by atoms with Crippen LogP contribution >= 0.6 is 0 Å². The second-order valence-corrected chi connectivity index (χ2v) is 3.53. The summed E-state index contributed by atoms with van der Waals surface area (Å²) in [5.41, 5.74) is 5.47. The van der Waals surface area contributed by atoms with Crippen LogP contribution in [0.2, 0.25) is 0 Å². The largest absolute Gasteiger partial charge is 0.409 e. The van der Waals surface area contributed by atoms with Crippen LogP contribution < -0.4 is 11.1 Å². The van der Waals surface area contributed by atoms with E-state index in [4.69, 9.17) is 15.7 Å². The van der Waals surface area contributed by atoms with Gasteiger partial charge in [-0.15, -0.1) is 0 Å². The standard InChI is InChI=1S/C10H21N3O3/c1-3-5-8(10(11)13-15)12-9(14)6-4-7-16-2/h8,15H,3-7H2,1-2H3,(H2,11,13)(H,12,14). The molecule has 0 aliphatic heterocycles. The van der Waals surface area contributed by atoms with E-state index in [9.17, 15) is 4.79 Å². The molecule has 0 heterocycles. The van der Waals surface area contributed by atoms with Crippen molar-refractivity contribution in [1.29, 1.82) is 0 Å². The maximum atomic E-state index is 11.5. The van der Waals surface area contributed by atoms with Gasteiger partial charge < -0.3 is 21.0 Å². The van der Waals surface area contributed by atoms with E-state index in [1.165, 1.54) is 0 Å². The number of amidine groups is 1. The number of carbonyl (C=O) groups excluding carboxylic acids is 1. The number of nitrogens with zero attached hydrogens (tertiary/aromatic N) is 1. The van der Waals surface area contributed by atoms with Gasteiger partial charge in [0.1, 0.15) is 0 Å². The summed E-state index contributed by atoms with van der Waals surface area (Å²) in [4.78, 5) is 11.5. The number of hydrogen-bond donors (Lipinski definition) is 3. The zero-order valence-corrected chi connectivity index (χ0v) is 9.90. The SMILES string of the molecule is CCCC(NC(=O)CCCOC)C(N)=NO. The molecule has 0 rings (SSSR count). The minimum atomic E-state index is -0.384. The van der Waals surface area contributed by atoms with Gasteiger partial charge in [0, 0.05) is 20.1 Å². The third kappa shape index (κ3) is 6.23. The quantitative estimate of drug-likeness (QED) is 0.186. The molecule has 1 unspecified atom stereocenters. The van der Waals surface area contributed by atoms with E-state index in [1.54, 1.807) is 7.11 Å². The third-order valence-corrected chi connectivity index (χ3v) is 2.14. The topological polar surface area (TPSA) is 96.9 Å². The summed E-state index contributed by atoms with van der Waals surface area (Å²) in [6.07, 6.45) is 2.55. The molecule has 0 aromatic heterocycles. The Balaban J connectivity index is 4.03. The molecule has 16 heavy (non-hydrogen) atoms. The first-order valence-corrected chi connectivity index (χ1v) is 5.41. The molecule has 0 aromatic carbocycles. The van der Waals surface area contributed by atoms with E-state index < -0.39 is 0 Å². The van der Waals surface area contributed by atoms with Crippen LogP contribution in [-0.2, 0) is 9.53 Å². The molecule has 94 valence electrons. The van der Waals surface area contributed by atoms with Gasteiger partial charge in [-0.2, -0.15) is 0 Å². The zero-order chi connectivity index (χ0) is 12.4. The van der Waals surface area contributed by atoms with E-state index in [0.717, 1.165) is 6.42 Å². The molecular weight excluding hydrogens is 210 g/mol. The summed E-state index contributed by atoms with van der Waals surface area (Å²) in [6, 6.07) is -0.384. The fourth-order valence-corrected chi connectivity index (χ4v) is 1.30. The first kappa shape index (κ1) is 14.7. The number of methoxy groups -OCH3 is 1. The van der Waals surface area contributed by atoms with Crippen LogP contribution in [0.5, 0.6) is 0 Å². The number of rotatable bonds is 8.